The van der Waals surface area contributed by atoms with E-state index in [-0.39, 0.29) is 33.9 Å². The molecule has 0 spiro atoms. The van der Waals surface area contributed by atoms with Crippen LogP contribution in [0, 0.1) is 5.82 Å². The van der Waals surface area contributed by atoms with Crippen LogP contribution in [-0.4, -0.2) is 64.5 Å². The Morgan fingerprint density at radius 2 is 1.65 bits per heavy atom. The molecule has 43 heavy (non-hydrogen) atoms. The first-order chi connectivity index (χ1) is 20.0. The van der Waals surface area contributed by atoms with Crippen LogP contribution in [0.25, 0.3) is 11.3 Å². The number of hydrogen-bond acceptors (Lipinski definition) is 7. The number of ether oxygens (including phenoxy) is 1. The van der Waals surface area contributed by atoms with Crippen LogP contribution in [0.3, 0.4) is 0 Å². The maximum Gasteiger partial charge on any atom is 0.451 e. The number of halogens is 8. The molecule has 4 rings (SSSR count). The molecule has 1 aliphatic heterocycles. The lowest BCUT2D eigenvalue weighted by molar-refractivity contribution is -0.153. The first-order valence-electron chi connectivity index (χ1n) is 12.5. The largest absolute Gasteiger partial charge is 0.482 e. The molecule has 1 aromatic carbocycles. The molecule has 0 unspecified atom stereocenters. The fourth-order valence-electron chi connectivity index (χ4n) is 4.50. The highest BCUT2D eigenvalue weighted by molar-refractivity contribution is 7.89. The molecule has 1 aliphatic rings. The summed E-state index contributed by atoms with van der Waals surface area (Å²) in [5.41, 5.74) is -0.0861. The molecule has 0 radical (unpaired) electrons. The molecule has 3 heterocycles. The Labute approximate surface area is 239 Å². The number of nitrogens with zero attached hydrogens (tertiary/aromatic N) is 4. The third-order valence-electron chi connectivity index (χ3n) is 6.62. The Kier molecular flexibility index (Phi) is 9.06. The summed E-state index contributed by atoms with van der Waals surface area (Å²) in [4.78, 5) is 23.3. The number of pyridine rings is 1. The highest BCUT2D eigenvalue weighted by Crippen LogP contribution is 2.35. The molecule has 3 aromatic rings. The second-order valence-electron chi connectivity index (χ2n) is 9.64. The van der Waals surface area contributed by atoms with Gasteiger partial charge < -0.3 is 4.74 Å². The lowest BCUT2D eigenvalue weighted by atomic mass is 10.0. The minimum Gasteiger partial charge on any atom is -0.482 e. The summed E-state index contributed by atoms with van der Waals surface area (Å²) < 4.78 is 137. The van der Waals surface area contributed by atoms with Crippen molar-refractivity contribution in [1.82, 2.24) is 19.3 Å². The van der Waals surface area contributed by atoms with E-state index >= 15 is 0 Å². The number of aryl methyl sites for hydroxylation is 1. The zero-order valence-electron chi connectivity index (χ0n) is 22.0. The number of sulfonamides is 1. The van der Waals surface area contributed by atoms with Crippen LogP contribution in [0.2, 0.25) is 0 Å². The number of ketones is 1. The van der Waals surface area contributed by atoms with Gasteiger partial charge in [0.15, 0.2) is 12.4 Å². The zero-order chi connectivity index (χ0) is 31.7. The first-order valence-corrected chi connectivity index (χ1v) is 14.0. The first kappa shape index (κ1) is 32.2. The molecule has 8 nitrogen and oxygen atoms in total. The van der Waals surface area contributed by atoms with Crippen LogP contribution in [-0.2, 0) is 27.4 Å². The second-order valence-corrected chi connectivity index (χ2v) is 11.5. The summed E-state index contributed by atoms with van der Waals surface area (Å²) in [7, 11) is -4.45. The van der Waals surface area contributed by atoms with E-state index < -0.39 is 77.5 Å². The minimum absolute atomic E-state index is 0.0155. The summed E-state index contributed by atoms with van der Waals surface area (Å²) >= 11 is 0. The van der Waals surface area contributed by atoms with Crippen LogP contribution in [0.15, 0.2) is 53.8 Å². The smallest absolute Gasteiger partial charge is 0.451 e. The van der Waals surface area contributed by atoms with Gasteiger partial charge in [0, 0.05) is 30.8 Å². The number of hydrogen-bond donors (Lipinski definition) is 0. The average Bonchev–Trinajstić information content (AvgIpc) is 3.24. The molecule has 0 saturated carbocycles. The summed E-state index contributed by atoms with van der Waals surface area (Å²) in [5, 5.41) is 0. The number of aromatic nitrogens is 3. The Morgan fingerprint density at radius 1 is 1.02 bits per heavy atom. The van der Waals surface area contributed by atoms with Crippen LogP contribution >= 0.6 is 0 Å². The van der Waals surface area contributed by atoms with Crippen LogP contribution < -0.4 is 4.74 Å². The predicted molar refractivity (Wildman–Crippen MR) is 133 cm³/mol. The topological polar surface area (TPSA) is 102 Å². The summed E-state index contributed by atoms with van der Waals surface area (Å²) in [6.45, 7) is -0.449. The normalized spacial score (nSPS) is 19.9. The van der Waals surface area contributed by atoms with E-state index in [4.69, 9.17) is 4.74 Å². The van der Waals surface area contributed by atoms with Gasteiger partial charge in [-0.3, -0.25) is 9.78 Å². The van der Waals surface area contributed by atoms with Crippen molar-refractivity contribution in [1.29, 1.82) is 0 Å². The van der Waals surface area contributed by atoms with Gasteiger partial charge in [0.1, 0.15) is 17.7 Å². The van der Waals surface area contributed by atoms with Gasteiger partial charge in [-0.15, -0.1) is 0 Å². The molecule has 1 fully saturated rings. The van der Waals surface area contributed by atoms with Crippen LogP contribution in [0.1, 0.15) is 31.2 Å². The van der Waals surface area contributed by atoms with E-state index in [0.29, 0.717) is 4.31 Å². The van der Waals surface area contributed by atoms with Crippen molar-refractivity contribution in [2.75, 3.05) is 6.61 Å². The van der Waals surface area contributed by atoms with Gasteiger partial charge >= 0.3 is 12.4 Å². The third kappa shape index (κ3) is 7.44. The molecule has 3 atom stereocenters. The van der Waals surface area contributed by atoms with E-state index in [1.54, 1.807) is 0 Å². The summed E-state index contributed by atoms with van der Waals surface area (Å²) in [5.74, 6) is -3.28. The van der Waals surface area contributed by atoms with Gasteiger partial charge in [-0.2, -0.15) is 30.6 Å². The Morgan fingerprint density at radius 3 is 2.23 bits per heavy atom. The number of rotatable bonds is 9. The lowest BCUT2D eigenvalue weighted by Crippen LogP contribution is -2.44. The minimum atomic E-state index is -4.82. The number of Topliss-reactive ketones (excluding diaryl/α,β-unsaturated/α-hetero) is 1. The number of alkyl halides is 7. The average molecular weight is 639 g/mol. The van der Waals surface area contributed by atoms with Crippen molar-refractivity contribution in [2.45, 2.75) is 61.7 Å². The molecule has 1 saturated heterocycles. The van der Waals surface area contributed by atoms with Crippen molar-refractivity contribution in [3.05, 3.63) is 66.1 Å². The van der Waals surface area contributed by atoms with Crippen molar-refractivity contribution in [3.63, 3.8) is 0 Å². The lowest BCUT2D eigenvalue weighted by Gasteiger charge is -2.27. The number of benzene rings is 1. The zero-order valence-corrected chi connectivity index (χ0v) is 22.8. The molecule has 0 amide bonds. The van der Waals surface area contributed by atoms with Gasteiger partial charge in [0.2, 0.25) is 15.8 Å². The summed E-state index contributed by atoms with van der Waals surface area (Å²) in [6.07, 6.45) is -10.1. The van der Waals surface area contributed by atoms with E-state index in [9.17, 15) is 48.3 Å². The van der Waals surface area contributed by atoms with Gasteiger partial charge in [0.25, 0.3) is 0 Å². The Balaban J connectivity index is 1.60. The van der Waals surface area contributed by atoms with E-state index in [1.807, 2.05) is 0 Å². The Bertz CT molecular complexity index is 1570. The molecule has 232 valence electrons. The fraction of sp³-hybridized carbons (Fsp3) is 0.385. The molecule has 17 heteroatoms. The number of carbonyl (C=O) groups is 1. The van der Waals surface area contributed by atoms with Crippen LogP contribution in [0.4, 0.5) is 35.1 Å². The van der Waals surface area contributed by atoms with Crippen molar-refractivity contribution in [2.24, 2.45) is 0 Å². The molecule has 0 N–H and O–H groups in total. The molecule has 0 bridgehead atoms. The maximum atomic E-state index is 14.7. The van der Waals surface area contributed by atoms with E-state index in [2.05, 4.69) is 15.0 Å². The van der Waals surface area contributed by atoms with Crippen molar-refractivity contribution < 1.29 is 53.1 Å². The molecular formula is C26H22F8N4O4S. The van der Waals surface area contributed by atoms with E-state index in [1.165, 1.54) is 13.0 Å². The van der Waals surface area contributed by atoms with E-state index in [0.717, 1.165) is 42.9 Å². The second kappa shape index (κ2) is 12.1. The highest BCUT2D eigenvalue weighted by Gasteiger charge is 2.48. The SMILES string of the molecule is C[C@H]1[C@H](F)C[C@@H](C(=O)CCc2cc(-c3cnc(C(F)(F)F)nc3)ncc2OCC(F)(F)F)N1S(=O)(=O)c1ccc(F)cc1. The molecule has 2 aromatic heterocycles. The van der Waals surface area contributed by atoms with Crippen molar-refractivity contribution >= 4 is 15.8 Å². The standard InChI is InChI=1S/C26H22F8N4O4S/c1-14-19(28)9-21(38(14)43(40,41)18-5-3-17(27)4-6-18)22(39)7-2-15-8-20(35-12-23(15)42-13-25(29,30)31)16-10-36-24(37-11-16)26(32,33)34/h3-6,8,10-12,14,19,21H,2,7,9,13H2,1H3/t14-,19+,21-/m0/s1. The van der Waals surface area contributed by atoms with Gasteiger partial charge in [-0.05, 0) is 49.2 Å². The number of carbonyl (C=O) groups excluding carboxylic acids is 1. The maximum absolute atomic E-state index is 14.7. The van der Waals surface area contributed by atoms with Gasteiger partial charge in [-0.1, -0.05) is 0 Å². The van der Waals surface area contributed by atoms with Crippen molar-refractivity contribution in [3.8, 4) is 17.0 Å². The summed E-state index contributed by atoms with van der Waals surface area (Å²) in [6, 6.07) is 2.18. The quantitative estimate of drug-likeness (QED) is 0.292. The fourth-order valence-corrected chi connectivity index (χ4v) is 6.34. The Hall–Kier alpha value is -3.73. The highest BCUT2D eigenvalue weighted by atomic mass is 32.2. The van der Waals surface area contributed by atoms with Crippen LogP contribution in [0.5, 0.6) is 5.75 Å². The van der Waals surface area contributed by atoms with Gasteiger partial charge in [-0.25, -0.2) is 27.2 Å². The monoisotopic (exact) mass is 638 g/mol. The molecular weight excluding hydrogens is 616 g/mol. The predicted octanol–water partition coefficient (Wildman–Crippen LogP) is 5.33. The van der Waals surface area contributed by atoms with Gasteiger partial charge in [0.05, 0.1) is 28.9 Å². The molecule has 0 aliphatic carbocycles. The third-order valence-corrected chi connectivity index (χ3v) is 8.63.